The second kappa shape index (κ2) is 8.43. The number of hydrogen-bond acceptors (Lipinski definition) is 7. The Kier molecular flexibility index (Phi) is 7.22. The normalized spacial score (nSPS) is 11.3. The predicted molar refractivity (Wildman–Crippen MR) is 85.9 cm³/mol. The van der Waals surface area contributed by atoms with Crippen LogP contribution in [0.2, 0.25) is 0 Å². The van der Waals surface area contributed by atoms with Gasteiger partial charge in [0, 0.05) is 30.6 Å². The molecule has 0 unspecified atom stereocenters. The second-order valence-electron chi connectivity index (χ2n) is 4.04. The molecule has 0 aliphatic rings. The molecule has 0 bridgehead atoms. The summed E-state index contributed by atoms with van der Waals surface area (Å²) in [5.41, 5.74) is -0.225. The van der Waals surface area contributed by atoms with Crippen LogP contribution >= 0.6 is 6.72 Å². The van der Waals surface area contributed by atoms with Gasteiger partial charge in [0.15, 0.2) is 5.75 Å². The minimum absolute atomic E-state index is 0.00628. The van der Waals surface area contributed by atoms with Gasteiger partial charge in [-0.15, -0.1) is 0 Å². The van der Waals surface area contributed by atoms with Crippen LogP contribution < -0.4 is 10.1 Å². The molecule has 7 nitrogen and oxygen atoms in total. The van der Waals surface area contributed by atoms with Crippen LogP contribution in [0.3, 0.4) is 0 Å². The number of aromatic nitrogens is 1. The molecule has 1 aromatic heterocycles. The third-order valence-electron chi connectivity index (χ3n) is 2.62. The lowest BCUT2D eigenvalue weighted by Gasteiger charge is -2.22. The first-order valence-corrected chi connectivity index (χ1v) is 9.37. The van der Waals surface area contributed by atoms with Crippen LogP contribution in [0.25, 0.3) is 0 Å². The highest BCUT2D eigenvalue weighted by Crippen LogP contribution is 2.50. The monoisotopic (exact) mass is 349 g/mol. The highest BCUT2D eigenvalue weighted by molar-refractivity contribution is 8.07. The molecule has 1 rings (SSSR count). The number of aryl methyl sites for hydroxylation is 1. The number of nitrogens with zero attached hydrogens (tertiary/aromatic N) is 1. The van der Waals surface area contributed by atoms with Crippen molar-refractivity contribution >= 4 is 24.5 Å². The average Bonchev–Trinajstić information content (AvgIpc) is 2.47. The Morgan fingerprint density at radius 1 is 1.27 bits per heavy atom. The number of carbonyl (C=O) groups is 1. The Labute approximate surface area is 134 Å². The summed E-state index contributed by atoms with van der Waals surface area (Å²) in [6.07, 6.45) is 1.38. The van der Waals surface area contributed by atoms with Gasteiger partial charge in [0.1, 0.15) is 5.56 Å². The van der Waals surface area contributed by atoms with Crippen LogP contribution in [0.4, 0.5) is 0 Å². The van der Waals surface area contributed by atoms with E-state index in [-0.39, 0.29) is 30.1 Å². The summed E-state index contributed by atoms with van der Waals surface area (Å²) in [6, 6.07) is 1.19. The molecule has 124 valence electrons. The van der Waals surface area contributed by atoms with Crippen molar-refractivity contribution < 1.29 is 23.1 Å². The molecular weight excluding hydrogens is 329 g/mol. The van der Waals surface area contributed by atoms with Gasteiger partial charge in [-0.25, -0.2) is 4.79 Å². The van der Waals surface area contributed by atoms with Crippen LogP contribution in [-0.4, -0.2) is 30.9 Å². The van der Waals surface area contributed by atoms with Gasteiger partial charge in [-0.05, 0) is 20.8 Å². The van der Waals surface area contributed by atoms with E-state index in [0.717, 1.165) is 0 Å². The van der Waals surface area contributed by atoms with Crippen LogP contribution in [0, 0.1) is 0 Å². The quantitative estimate of drug-likeness (QED) is 0.527. The lowest BCUT2D eigenvalue weighted by atomic mass is 10.2. The molecule has 1 aromatic rings. The standard InChI is InChI=1S/C13H20NO6PS/c1-5-14-9-10(13(16)17-4)11(8-12(14)15)20-21(22,18-6-2)19-7-3/h8-9H,5-7H2,1-4H3. The maximum Gasteiger partial charge on any atom is 0.380 e. The molecule has 1 heterocycles. The van der Waals surface area contributed by atoms with Gasteiger partial charge >= 0.3 is 12.7 Å². The first-order chi connectivity index (χ1) is 10.4. The summed E-state index contributed by atoms with van der Waals surface area (Å²) in [7, 11) is 1.24. The average molecular weight is 349 g/mol. The fourth-order valence-electron chi connectivity index (χ4n) is 1.67. The minimum Gasteiger partial charge on any atom is -0.465 e. The van der Waals surface area contributed by atoms with E-state index >= 15 is 0 Å². The molecule has 0 N–H and O–H groups in total. The van der Waals surface area contributed by atoms with E-state index in [1.54, 1.807) is 20.8 Å². The summed E-state index contributed by atoms with van der Waals surface area (Å²) in [5, 5.41) is 0. The maximum atomic E-state index is 12.0. The number of hydrogen-bond donors (Lipinski definition) is 0. The van der Waals surface area contributed by atoms with E-state index in [1.807, 2.05) is 0 Å². The van der Waals surface area contributed by atoms with Crippen molar-refractivity contribution in [2.75, 3.05) is 20.3 Å². The molecule has 0 spiro atoms. The van der Waals surface area contributed by atoms with E-state index < -0.39 is 12.7 Å². The van der Waals surface area contributed by atoms with Crippen molar-refractivity contribution in [3.8, 4) is 5.75 Å². The Bertz CT molecular complexity index is 619. The summed E-state index contributed by atoms with van der Waals surface area (Å²) < 4.78 is 22.4. The van der Waals surface area contributed by atoms with Crippen molar-refractivity contribution in [2.45, 2.75) is 27.3 Å². The number of esters is 1. The number of rotatable bonds is 8. The van der Waals surface area contributed by atoms with Crippen molar-refractivity contribution in [3.63, 3.8) is 0 Å². The zero-order valence-corrected chi connectivity index (χ0v) is 14.7. The molecule has 0 atom stereocenters. The topological polar surface area (TPSA) is 76.0 Å². The van der Waals surface area contributed by atoms with Gasteiger partial charge in [0.2, 0.25) is 0 Å². The smallest absolute Gasteiger partial charge is 0.380 e. The Morgan fingerprint density at radius 2 is 1.86 bits per heavy atom. The maximum absolute atomic E-state index is 12.0. The van der Waals surface area contributed by atoms with Gasteiger partial charge < -0.3 is 13.8 Å². The molecular formula is C13H20NO6PS. The lowest BCUT2D eigenvalue weighted by Crippen LogP contribution is -2.21. The molecule has 0 aliphatic heterocycles. The van der Waals surface area contributed by atoms with Crippen LogP contribution in [-0.2, 0) is 32.1 Å². The summed E-state index contributed by atoms with van der Waals surface area (Å²) >= 11 is 5.25. The molecule has 0 amide bonds. The number of methoxy groups -OCH3 is 1. The van der Waals surface area contributed by atoms with Gasteiger partial charge in [-0.1, -0.05) is 0 Å². The van der Waals surface area contributed by atoms with E-state index in [4.69, 9.17) is 30.1 Å². The minimum atomic E-state index is -3.08. The van der Waals surface area contributed by atoms with Crippen molar-refractivity contribution in [1.29, 1.82) is 0 Å². The van der Waals surface area contributed by atoms with E-state index in [1.165, 1.54) is 23.9 Å². The highest BCUT2D eigenvalue weighted by Gasteiger charge is 2.25. The molecule has 0 aromatic carbocycles. The molecule has 22 heavy (non-hydrogen) atoms. The summed E-state index contributed by atoms with van der Waals surface area (Å²) in [5.74, 6) is -0.626. The molecule has 0 radical (unpaired) electrons. The number of carbonyl (C=O) groups excluding carboxylic acids is 1. The van der Waals surface area contributed by atoms with E-state index in [2.05, 4.69) is 0 Å². The highest BCUT2D eigenvalue weighted by atomic mass is 32.5. The third kappa shape index (κ3) is 4.64. The summed E-state index contributed by atoms with van der Waals surface area (Å²) in [6.45, 7) is 3.19. The molecule has 9 heteroatoms. The summed E-state index contributed by atoms with van der Waals surface area (Å²) in [4.78, 5) is 23.9. The van der Waals surface area contributed by atoms with Crippen molar-refractivity contribution in [3.05, 3.63) is 28.2 Å². The Hall–Kier alpha value is -1.21. The zero-order chi connectivity index (χ0) is 16.8. The van der Waals surface area contributed by atoms with E-state index in [0.29, 0.717) is 6.54 Å². The van der Waals surface area contributed by atoms with Crippen LogP contribution in [0.1, 0.15) is 31.1 Å². The first kappa shape index (κ1) is 18.8. The van der Waals surface area contributed by atoms with E-state index in [9.17, 15) is 9.59 Å². The molecule has 0 aliphatic carbocycles. The zero-order valence-electron chi connectivity index (χ0n) is 13.0. The second-order valence-corrected chi connectivity index (χ2v) is 6.98. The van der Waals surface area contributed by atoms with Gasteiger partial charge in [-0.2, -0.15) is 0 Å². The van der Waals surface area contributed by atoms with Gasteiger partial charge in [0.25, 0.3) is 5.56 Å². The van der Waals surface area contributed by atoms with Gasteiger partial charge in [0.05, 0.1) is 20.3 Å². The Balaban J connectivity index is 3.32. The van der Waals surface area contributed by atoms with Gasteiger partial charge in [-0.3, -0.25) is 13.8 Å². The molecule has 0 fully saturated rings. The Morgan fingerprint density at radius 3 is 2.32 bits per heavy atom. The molecule has 0 saturated carbocycles. The predicted octanol–water partition coefficient (Wildman–Crippen LogP) is 2.33. The fourth-order valence-corrected chi connectivity index (χ4v) is 3.75. The van der Waals surface area contributed by atoms with Crippen molar-refractivity contribution in [1.82, 2.24) is 4.57 Å². The third-order valence-corrected chi connectivity index (χ3v) is 5.04. The molecule has 0 saturated heterocycles. The lowest BCUT2D eigenvalue weighted by molar-refractivity contribution is 0.0597. The van der Waals surface area contributed by atoms with Crippen LogP contribution in [0.15, 0.2) is 17.1 Å². The SMILES string of the molecule is CCOP(=S)(OCC)Oc1cc(=O)n(CC)cc1C(=O)OC. The number of pyridine rings is 1. The largest absolute Gasteiger partial charge is 0.465 e. The fraction of sp³-hybridized carbons (Fsp3) is 0.538. The first-order valence-electron chi connectivity index (χ1n) is 6.82. The van der Waals surface area contributed by atoms with Crippen molar-refractivity contribution in [2.24, 2.45) is 0 Å². The number of ether oxygens (including phenoxy) is 1. The van der Waals surface area contributed by atoms with Crippen LogP contribution in [0.5, 0.6) is 5.75 Å².